The first-order valence-electron chi connectivity index (χ1n) is 8.71. The molecule has 0 amide bonds. The van der Waals surface area contributed by atoms with Gasteiger partial charge in [0, 0.05) is 0 Å². The van der Waals surface area contributed by atoms with Crippen LogP contribution in [0.4, 0.5) is 0 Å². The summed E-state index contributed by atoms with van der Waals surface area (Å²) >= 11 is 0. The van der Waals surface area contributed by atoms with Crippen molar-refractivity contribution in [1.82, 2.24) is 0 Å². The molecule has 0 spiro atoms. The molecule has 0 aliphatic rings. The second-order valence-electron chi connectivity index (χ2n) is 6.42. The van der Waals surface area contributed by atoms with Crippen molar-refractivity contribution in [3.63, 3.8) is 0 Å². The van der Waals surface area contributed by atoms with E-state index in [1.807, 2.05) is 0 Å². The third kappa shape index (κ3) is 4.12. The van der Waals surface area contributed by atoms with Gasteiger partial charge in [0.05, 0.1) is 6.15 Å². The van der Waals surface area contributed by atoms with E-state index in [9.17, 15) is 0 Å². The van der Waals surface area contributed by atoms with E-state index in [-0.39, 0.29) is 51.4 Å². The van der Waals surface area contributed by atoms with Crippen molar-refractivity contribution in [1.29, 1.82) is 0 Å². The monoisotopic (exact) mass is 338 g/mol. The molecule has 116 valence electrons. The number of rotatable bonds is 6. The molecule has 0 aromatic heterocycles. The van der Waals surface area contributed by atoms with Crippen molar-refractivity contribution in [3.8, 4) is 0 Å². The van der Waals surface area contributed by atoms with Gasteiger partial charge in [-0.05, 0) is 0 Å². The maximum atomic E-state index is 2.30. The predicted octanol–water partition coefficient (Wildman–Crippen LogP) is 0.961. The van der Waals surface area contributed by atoms with Gasteiger partial charge in [-0.25, -0.2) is 0 Å². The van der Waals surface area contributed by atoms with E-state index >= 15 is 0 Å². The van der Waals surface area contributed by atoms with Crippen molar-refractivity contribution >= 4 is 22.5 Å². The Morgan fingerprint density at radius 1 is 0.583 bits per heavy atom. The van der Waals surface area contributed by atoms with Gasteiger partial charge in [-0.3, -0.25) is 0 Å². The molecular formula is C22H24BK. The molecule has 0 radical (unpaired) electrons. The second kappa shape index (κ2) is 9.74. The summed E-state index contributed by atoms with van der Waals surface area (Å²) < 4.78 is 0. The summed E-state index contributed by atoms with van der Waals surface area (Å²) in [5, 5.41) is 0. The summed E-state index contributed by atoms with van der Waals surface area (Å²) in [4.78, 5) is 0. The van der Waals surface area contributed by atoms with Crippen molar-refractivity contribution in [2.24, 2.45) is 0 Å². The number of benzene rings is 3. The van der Waals surface area contributed by atoms with Crippen LogP contribution in [0.25, 0.3) is 0 Å². The van der Waals surface area contributed by atoms with Gasteiger partial charge in [0.1, 0.15) is 0 Å². The SMILES string of the molecule is CCCC[B-](c1ccccc1)(c1ccccc1)c1ccccc1.[K+]. The molecule has 24 heavy (non-hydrogen) atoms. The van der Waals surface area contributed by atoms with Crippen LogP contribution in [0.3, 0.4) is 0 Å². The third-order valence-corrected chi connectivity index (χ3v) is 5.10. The van der Waals surface area contributed by atoms with E-state index in [4.69, 9.17) is 0 Å². The van der Waals surface area contributed by atoms with Gasteiger partial charge in [0.25, 0.3) is 0 Å². The summed E-state index contributed by atoms with van der Waals surface area (Å²) in [6.07, 6.45) is 2.73. The van der Waals surface area contributed by atoms with Gasteiger partial charge >= 0.3 is 51.4 Å². The van der Waals surface area contributed by atoms with Crippen molar-refractivity contribution in [2.45, 2.75) is 26.1 Å². The molecule has 0 aliphatic heterocycles. The molecule has 2 heteroatoms. The zero-order valence-corrected chi connectivity index (χ0v) is 18.0. The number of hydrogen-bond acceptors (Lipinski definition) is 0. The molecule has 0 fully saturated rings. The van der Waals surface area contributed by atoms with E-state index in [1.165, 1.54) is 35.6 Å². The van der Waals surface area contributed by atoms with Crippen LogP contribution in [-0.2, 0) is 0 Å². The van der Waals surface area contributed by atoms with E-state index < -0.39 is 6.15 Å². The maximum Gasteiger partial charge on any atom is 1.00 e. The Bertz CT molecular complexity index is 614. The largest absolute Gasteiger partial charge is 1.00 e. The Hall–Kier alpha value is -0.639. The van der Waals surface area contributed by atoms with Crippen LogP contribution in [0.5, 0.6) is 0 Å². The predicted molar refractivity (Wildman–Crippen MR) is 104 cm³/mol. The zero-order valence-electron chi connectivity index (χ0n) is 14.9. The first kappa shape index (κ1) is 19.7. The molecule has 3 aromatic carbocycles. The second-order valence-corrected chi connectivity index (χ2v) is 6.42. The van der Waals surface area contributed by atoms with Crippen LogP contribution < -0.4 is 67.8 Å². The summed E-state index contributed by atoms with van der Waals surface area (Å²) in [6.45, 7) is 2.28. The van der Waals surface area contributed by atoms with Crippen molar-refractivity contribution < 1.29 is 51.4 Å². The third-order valence-electron chi connectivity index (χ3n) is 5.10. The van der Waals surface area contributed by atoms with Gasteiger partial charge in [-0.1, -0.05) is 111 Å². The maximum absolute atomic E-state index is 2.30. The molecule has 0 heterocycles. The minimum absolute atomic E-state index is 0. The van der Waals surface area contributed by atoms with Gasteiger partial charge in [0.2, 0.25) is 0 Å². The summed E-state index contributed by atoms with van der Waals surface area (Å²) in [5.41, 5.74) is 4.33. The van der Waals surface area contributed by atoms with Crippen LogP contribution in [0.2, 0.25) is 6.32 Å². The first-order valence-corrected chi connectivity index (χ1v) is 8.71. The average molecular weight is 338 g/mol. The van der Waals surface area contributed by atoms with Crippen molar-refractivity contribution in [3.05, 3.63) is 91.0 Å². The Balaban J connectivity index is 0.00000208. The first-order chi connectivity index (χ1) is 11.4. The Kier molecular flexibility index (Phi) is 7.99. The molecule has 0 atom stereocenters. The summed E-state index contributed by atoms with van der Waals surface area (Å²) in [7, 11) is 0. The normalized spacial score (nSPS) is 10.9. The van der Waals surface area contributed by atoms with Gasteiger partial charge in [-0.2, -0.15) is 22.7 Å². The summed E-state index contributed by atoms with van der Waals surface area (Å²) in [5.74, 6) is 0. The molecule has 0 bridgehead atoms. The molecule has 0 saturated carbocycles. The molecule has 0 nitrogen and oxygen atoms in total. The fraction of sp³-hybridized carbons (Fsp3) is 0.182. The number of unbranched alkanes of at least 4 members (excludes halogenated alkanes) is 1. The molecule has 0 unspecified atom stereocenters. The van der Waals surface area contributed by atoms with Crippen molar-refractivity contribution in [2.75, 3.05) is 0 Å². The van der Waals surface area contributed by atoms with Gasteiger partial charge < -0.3 is 0 Å². The quantitative estimate of drug-likeness (QED) is 0.588. The Morgan fingerprint density at radius 3 is 1.21 bits per heavy atom. The Morgan fingerprint density at radius 2 is 0.917 bits per heavy atom. The average Bonchev–Trinajstić information content (AvgIpc) is 2.65. The minimum atomic E-state index is -0.913. The standard InChI is InChI=1S/C22H24B.K/c1-2-3-19-23(20-13-7-4-8-14-20,21-15-9-5-10-16-21)22-17-11-6-12-18-22;/h4-18H,2-3,19H2,1H3;/q-1;+1. The molecular weight excluding hydrogens is 314 g/mol. The van der Waals surface area contributed by atoms with Gasteiger partial charge in [0.15, 0.2) is 0 Å². The van der Waals surface area contributed by atoms with E-state index in [0.29, 0.717) is 0 Å². The molecule has 3 aromatic rings. The smallest absolute Gasteiger partial charge is 0.200 e. The molecule has 0 aliphatic carbocycles. The fourth-order valence-electron chi connectivity index (χ4n) is 3.93. The fourth-order valence-corrected chi connectivity index (χ4v) is 3.93. The van der Waals surface area contributed by atoms with Crippen LogP contribution in [0.1, 0.15) is 19.8 Å². The minimum Gasteiger partial charge on any atom is -0.200 e. The van der Waals surface area contributed by atoms with E-state index in [0.717, 1.165) is 0 Å². The molecule has 3 rings (SSSR count). The van der Waals surface area contributed by atoms with E-state index in [2.05, 4.69) is 97.9 Å². The van der Waals surface area contributed by atoms with Crippen LogP contribution in [0.15, 0.2) is 91.0 Å². The van der Waals surface area contributed by atoms with E-state index in [1.54, 1.807) is 0 Å². The number of hydrogen-bond donors (Lipinski definition) is 0. The van der Waals surface area contributed by atoms with Crippen LogP contribution >= 0.6 is 0 Å². The Labute approximate surface area is 189 Å². The topological polar surface area (TPSA) is 0 Å². The van der Waals surface area contributed by atoms with Crippen LogP contribution in [-0.4, -0.2) is 6.15 Å². The molecule has 0 saturated heterocycles. The van der Waals surface area contributed by atoms with Gasteiger partial charge in [-0.15, -0.1) is 0 Å². The molecule has 0 N–H and O–H groups in total. The zero-order chi connectivity index (χ0) is 16.0. The van der Waals surface area contributed by atoms with Crippen LogP contribution in [0, 0.1) is 0 Å². The summed E-state index contributed by atoms with van der Waals surface area (Å²) in [6, 6.07) is 33.2.